The first-order chi connectivity index (χ1) is 6.40. The van der Waals surface area contributed by atoms with Gasteiger partial charge in [0.1, 0.15) is 0 Å². The topological polar surface area (TPSA) is 29.3 Å². The molecule has 0 aliphatic heterocycles. The van der Waals surface area contributed by atoms with Gasteiger partial charge in [-0.1, -0.05) is 6.42 Å². The van der Waals surface area contributed by atoms with E-state index in [1.54, 1.807) is 0 Å². The maximum atomic E-state index is 5.55. The third-order valence-corrected chi connectivity index (χ3v) is 3.43. The molecule has 0 unspecified atom stereocenters. The van der Waals surface area contributed by atoms with Crippen LogP contribution in [-0.2, 0) is 0 Å². The molecule has 2 aliphatic carbocycles. The highest BCUT2D eigenvalue weighted by Crippen LogP contribution is 2.32. The molecule has 0 spiro atoms. The number of nitrogens with zero attached hydrogens (tertiary/aromatic N) is 1. The molecule has 13 heavy (non-hydrogen) atoms. The van der Waals surface area contributed by atoms with Crippen molar-refractivity contribution in [1.82, 2.24) is 4.90 Å². The number of hydrogen-bond donors (Lipinski definition) is 1. The second-order valence-corrected chi connectivity index (χ2v) is 4.67. The average molecular weight is 182 g/mol. The van der Waals surface area contributed by atoms with Gasteiger partial charge in [-0.3, -0.25) is 0 Å². The first-order valence-corrected chi connectivity index (χ1v) is 5.84. The second-order valence-electron chi connectivity index (χ2n) is 4.67. The quantitative estimate of drug-likeness (QED) is 0.676. The Morgan fingerprint density at radius 3 is 2.38 bits per heavy atom. The van der Waals surface area contributed by atoms with Crippen molar-refractivity contribution < 1.29 is 0 Å². The van der Waals surface area contributed by atoms with E-state index in [0.29, 0.717) is 0 Å². The van der Waals surface area contributed by atoms with Crippen molar-refractivity contribution in [2.45, 2.75) is 44.6 Å². The zero-order chi connectivity index (χ0) is 9.10. The minimum atomic E-state index is 0.855. The van der Waals surface area contributed by atoms with E-state index in [9.17, 15) is 0 Å². The molecule has 0 aromatic rings. The van der Waals surface area contributed by atoms with Gasteiger partial charge in [-0.2, -0.15) is 0 Å². The van der Waals surface area contributed by atoms with Crippen molar-refractivity contribution in [1.29, 1.82) is 0 Å². The van der Waals surface area contributed by atoms with Gasteiger partial charge in [0.15, 0.2) is 0 Å². The lowest BCUT2D eigenvalue weighted by Gasteiger charge is -2.32. The fourth-order valence-electron chi connectivity index (χ4n) is 2.16. The van der Waals surface area contributed by atoms with Crippen LogP contribution < -0.4 is 5.73 Å². The van der Waals surface area contributed by atoms with E-state index in [4.69, 9.17) is 5.73 Å². The highest BCUT2D eigenvalue weighted by Gasteiger charge is 2.31. The molecule has 2 aliphatic rings. The van der Waals surface area contributed by atoms with Gasteiger partial charge in [-0.05, 0) is 51.1 Å². The minimum absolute atomic E-state index is 0.855. The Kier molecular flexibility index (Phi) is 3.23. The summed E-state index contributed by atoms with van der Waals surface area (Å²) < 4.78 is 0. The van der Waals surface area contributed by atoms with Gasteiger partial charge in [-0.25, -0.2) is 0 Å². The van der Waals surface area contributed by atoms with E-state index < -0.39 is 0 Å². The molecule has 2 saturated carbocycles. The Bertz CT molecular complexity index is 150. The van der Waals surface area contributed by atoms with Crippen molar-refractivity contribution in [3.63, 3.8) is 0 Å². The lowest BCUT2D eigenvalue weighted by Crippen LogP contribution is -2.35. The summed E-state index contributed by atoms with van der Waals surface area (Å²) in [6.07, 6.45) is 8.50. The van der Waals surface area contributed by atoms with E-state index in [1.165, 1.54) is 51.6 Å². The van der Waals surface area contributed by atoms with Crippen molar-refractivity contribution in [2.24, 2.45) is 11.7 Å². The van der Waals surface area contributed by atoms with E-state index >= 15 is 0 Å². The van der Waals surface area contributed by atoms with Crippen LogP contribution in [0.25, 0.3) is 0 Å². The maximum Gasteiger partial charge on any atom is 0.00965 e. The number of rotatable bonds is 6. The predicted octanol–water partition coefficient (Wildman–Crippen LogP) is 1.60. The van der Waals surface area contributed by atoms with Crippen LogP contribution in [0.15, 0.2) is 0 Å². The zero-order valence-corrected chi connectivity index (χ0v) is 8.54. The molecule has 0 atom stereocenters. The van der Waals surface area contributed by atoms with Gasteiger partial charge in [0.05, 0.1) is 0 Å². The van der Waals surface area contributed by atoms with Crippen LogP contribution in [0.3, 0.4) is 0 Å². The predicted molar refractivity (Wildman–Crippen MR) is 55.6 cm³/mol. The molecular weight excluding hydrogens is 160 g/mol. The van der Waals surface area contributed by atoms with Gasteiger partial charge in [-0.15, -0.1) is 0 Å². The smallest absolute Gasteiger partial charge is 0.00965 e. The van der Waals surface area contributed by atoms with Crippen molar-refractivity contribution in [3.8, 4) is 0 Å². The Labute approximate surface area is 81.5 Å². The van der Waals surface area contributed by atoms with Crippen LogP contribution in [-0.4, -0.2) is 30.6 Å². The van der Waals surface area contributed by atoms with E-state index in [1.807, 2.05) is 0 Å². The SMILES string of the molecule is NCCCN(CC1CCC1)C1CC1. The molecular formula is C11H22N2. The summed E-state index contributed by atoms with van der Waals surface area (Å²) >= 11 is 0. The Morgan fingerprint density at radius 2 is 1.92 bits per heavy atom. The molecule has 2 heteroatoms. The van der Waals surface area contributed by atoms with Gasteiger partial charge in [0, 0.05) is 12.6 Å². The molecule has 0 saturated heterocycles. The number of hydrogen-bond acceptors (Lipinski definition) is 2. The van der Waals surface area contributed by atoms with Crippen molar-refractivity contribution >= 4 is 0 Å². The van der Waals surface area contributed by atoms with Crippen LogP contribution >= 0.6 is 0 Å². The molecule has 0 heterocycles. The summed E-state index contributed by atoms with van der Waals surface area (Å²) in [5.74, 6) is 1.03. The van der Waals surface area contributed by atoms with Crippen LogP contribution in [0.4, 0.5) is 0 Å². The molecule has 0 bridgehead atoms. The average Bonchev–Trinajstić information content (AvgIpc) is 2.84. The summed E-state index contributed by atoms with van der Waals surface area (Å²) in [5.41, 5.74) is 5.55. The van der Waals surface area contributed by atoms with Gasteiger partial charge in [0.2, 0.25) is 0 Å². The van der Waals surface area contributed by atoms with Crippen LogP contribution in [0.1, 0.15) is 38.5 Å². The van der Waals surface area contributed by atoms with E-state index in [2.05, 4.69) is 4.90 Å². The Morgan fingerprint density at radius 1 is 1.15 bits per heavy atom. The van der Waals surface area contributed by atoms with Gasteiger partial charge < -0.3 is 10.6 Å². The Hall–Kier alpha value is -0.0800. The van der Waals surface area contributed by atoms with Crippen molar-refractivity contribution in [2.75, 3.05) is 19.6 Å². The third kappa shape index (κ3) is 2.68. The Balaban J connectivity index is 1.68. The number of nitrogens with two attached hydrogens (primary N) is 1. The molecule has 2 fully saturated rings. The molecule has 2 nitrogen and oxygen atoms in total. The second kappa shape index (κ2) is 4.43. The normalized spacial score (nSPS) is 23.5. The monoisotopic (exact) mass is 182 g/mol. The summed E-state index contributed by atoms with van der Waals surface area (Å²) in [4.78, 5) is 2.69. The molecule has 0 amide bonds. The summed E-state index contributed by atoms with van der Waals surface area (Å²) in [6.45, 7) is 3.47. The summed E-state index contributed by atoms with van der Waals surface area (Å²) in [5, 5.41) is 0. The summed E-state index contributed by atoms with van der Waals surface area (Å²) in [6, 6.07) is 0.937. The zero-order valence-electron chi connectivity index (χ0n) is 8.54. The highest BCUT2D eigenvalue weighted by atomic mass is 15.2. The first-order valence-electron chi connectivity index (χ1n) is 5.84. The highest BCUT2D eigenvalue weighted by molar-refractivity contribution is 4.87. The third-order valence-electron chi connectivity index (χ3n) is 3.43. The largest absolute Gasteiger partial charge is 0.330 e. The van der Waals surface area contributed by atoms with Gasteiger partial charge in [0.25, 0.3) is 0 Å². The molecule has 2 N–H and O–H groups in total. The van der Waals surface area contributed by atoms with E-state index in [0.717, 1.165) is 18.5 Å². The minimum Gasteiger partial charge on any atom is -0.330 e. The fourth-order valence-corrected chi connectivity index (χ4v) is 2.16. The first kappa shape index (κ1) is 9.47. The molecule has 0 radical (unpaired) electrons. The van der Waals surface area contributed by atoms with E-state index in [-0.39, 0.29) is 0 Å². The fraction of sp³-hybridized carbons (Fsp3) is 1.00. The summed E-state index contributed by atoms with van der Waals surface area (Å²) in [7, 11) is 0. The molecule has 76 valence electrons. The molecule has 0 aromatic carbocycles. The van der Waals surface area contributed by atoms with Crippen molar-refractivity contribution in [3.05, 3.63) is 0 Å². The lowest BCUT2D eigenvalue weighted by atomic mass is 9.85. The lowest BCUT2D eigenvalue weighted by molar-refractivity contribution is 0.170. The van der Waals surface area contributed by atoms with Crippen LogP contribution in [0.5, 0.6) is 0 Å². The standard InChI is InChI=1S/C11H22N2/c12-7-2-8-13(11-5-6-11)9-10-3-1-4-10/h10-11H,1-9,12H2. The van der Waals surface area contributed by atoms with Crippen LogP contribution in [0.2, 0.25) is 0 Å². The van der Waals surface area contributed by atoms with Gasteiger partial charge >= 0.3 is 0 Å². The maximum absolute atomic E-state index is 5.55. The van der Waals surface area contributed by atoms with Crippen LogP contribution in [0, 0.1) is 5.92 Å². The molecule has 0 aromatic heterocycles. The molecule has 2 rings (SSSR count).